The van der Waals surface area contributed by atoms with Crippen molar-refractivity contribution in [1.29, 1.82) is 0 Å². The van der Waals surface area contributed by atoms with E-state index in [2.05, 4.69) is 10.0 Å². The number of rotatable bonds is 6. The maximum atomic E-state index is 11.5. The number of sulfonamides is 1. The van der Waals surface area contributed by atoms with E-state index < -0.39 is 10.0 Å². The second-order valence-electron chi connectivity index (χ2n) is 3.54. The van der Waals surface area contributed by atoms with Gasteiger partial charge in [-0.05, 0) is 11.4 Å². The van der Waals surface area contributed by atoms with Crippen LogP contribution in [0.1, 0.15) is 13.8 Å². The molecule has 1 aromatic heterocycles. The van der Waals surface area contributed by atoms with E-state index in [1.54, 1.807) is 11.4 Å². The van der Waals surface area contributed by atoms with E-state index in [-0.39, 0.29) is 5.75 Å². The van der Waals surface area contributed by atoms with E-state index in [1.165, 1.54) is 11.3 Å². The predicted octanol–water partition coefficient (Wildman–Crippen LogP) is 1.49. The van der Waals surface area contributed by atoms with E-state index in [0.717, 1.165) is 0 Å². The Kier molecular flexibility index (Phi) is 4.56. The van der Waals surface area contributed by atoms with Gasteiger partial charge in [0.05, 0.1) is 11.4 Å². The van der Waals surface area contributed by atoms with Crippen LogP contribution in [0.25, 0.3) is 0 Å². The van der Waals surface area contributed by atoms with Gasteiger partial charge in [0.25, 0.3) is 0 Å². The molecular weight excluding hydrogens is 232 g/mol. The molecule has 6 heteroatoms. The molecule has 86 valence electrons. The highest BCUT2D eigenvalue weighted by molar-refractivity contribution is 7.92. The van der Waals surface area contributed by atoms with Gasteiger partial charge >= 0.3 is 0 Å². The molecule has 1 rings (SSSR count). The van der Waals surface area contributed by atoms with Gasteiger partial charge in [-0.15, -0.1) is 0 Å². The Bertz CT molecular complexity index is 371. The molecule has 0 bridgehead atoms. The first-order chi connectivity index (χ1) is 6.99. The summed E-state index contributed by atoms with van der Waals surface area (Å²) in [5, 5.41) is 6.67. The summed E-state index contributed by atoms with van der Waals surface area (Å²) in [5.41, 5.74) is 0.643. The van der Waals surface area contributed by atoms with Crippen LogP contribution in [0.4, 0.5) is 5.69 Å². The first-order valence-electron chi connectivity index (χ1n) is 4.76. The van der Waals surface area contributed by atoms with Crippen molar-refractivity contribution < 1.29 is 8.42 Å². The van der Waals surface area contributed by atoms with Crippen molar-refractivity contribution in [3.05, 3.63) is 16.8 Å². The molecule has 1 aromatic rings. The largest absolute Gasteiger partial charge is 0.313 e. The second-order valence-corrected chi connectivity index (χ2v) is 6.16. The summed E-state index contributed by atoms with van der Waals surface area (Å²) in [5.74, 6) is 0.0982. The minimum absolute atomic E-state index is 0.0982. The average Bonchev–Trinajstić information content (AvgIpc) is 2.54. The molecule has 0 spiro atoms. The summed E-state index contributed by atoms with van der Waals surface area (Å²) in [7, 11) is -3.21. The molecule has 15 heavy (non-hydrogen) atoms. The number of nitrogens with one attached hydrogen (secondary N) is 2. The molecule has 0 unspecified atom stereocenters. The molecule has 0 aromatic carbocycles. The molecule has 0 amide bonds. The lowest BCUT2D eigenvalue weighted by molar-refractivity contribution is 0.582. The van der Waals surface area contributed by atoms with Crippen LogP contribution in [-0.4, -0.2) is 26.8 Å². The van der Waals surface area contributed by atoms with Gasteiger partial charge in [0.1, 0.15) is 0 Å². The van der Waals surface area contributed by atoms with E-state index in [9.17, 15) is 8.42 Å². The molecule has 0 aliphatic rings. The highest BCUT2D eigenvalue weighted by Crippen LogP contribution is 2.13. The highest BCUT2D eigenvalue weighted by Gasteiger charge is 2.10. The third-order valence-corrected chi connectivity index (χ3v) is 3.69. The summed E-state index contributed by atoms with van der Waals surface area (Å²) in [4.78, 5) is 0. The normalized spacial score (nSPS) is 11.9. The molecule has 0 fully saturated rings. The molecular formula is C9H16N2O2S2. The number of hydrogen-bond donors (Lipinski definition) is 2. The van der Waals surface area contributed by atoms with Crippen molar-refractivity contribution >= 4 is 27.0 Å². The lowest BCUT2D eigenvalue weighted by Crippen LogP contribution is -2.30. The highest BCUT2D eigenvalue weighted by atomic mass is 32.2. The Hall–Kier alpha value is -0.590. The number of anilines is 1. The van der Waals surface area contributed by atoms with Gasteiger partial charge < -0.3 is 5.32 Å². The minimum atomic E-state index is -3.21. The zero-order valence-corrected chi connectivity index (χ0v) is 10.5. The Balaban J connectivity index is 2.39. The molecule has 2 N–H and O–H groups in total. The topological polar surface area (TPSA) is 58.2 Å². The van der Waals surface area contributed by atoms with Crippen LogP contribution >= 0.6 is 11.3 Å². The van der Waals surface area contributed by atoms with Gasteiger partial charge in [-0.25, -0.2) is 8.42 Å². The van der Waals surface area contributed by atoms with E-state index in [1.807, 2.05) is 19.2 Å². The van der Waals surface area contributed by atoms with Crippen LogP contribution in [0.15, 0.2) is 16.8 Å². The van der Waals surface area contributed by atoms with Crippen LogP contribution in [0.5, 0.6) is 0 Å². The van der Waals surface area contributed by atoms with Crippen LogP contribution in [0.2, 0.25) is 0 Å². The van der Waals surface area contributed by atoms with Crippen LogP contribution in [0, 0.1) is 0 Å². The Morgan fingerprint density at radius 3 is 2.73 bits per heavy atom. The maximum Gasteiger partial charge on any atom is 0.234 e. The molecule has 4 nitrogen and oxygen atoms in total. The SMILES string of the molecule is CC(C)NCCS(=O)(=O)Nc1ccsc1. The number of hydrogen-bond acceptors (Lipinski definition) is 4. The number of thiophene rings is 1. The van der Waals surface area contributed by atoms with Crippen molar-refractivity contribution in [1.82, 2.24) is 5.32 Å². The summed E-state index contributed by atoms with van der Waals surface area (Å²) in [6.07, 6.45) is 0. The van der Waals surface area contributed by atoms with Gasteiger partial charge in [0, 0.05) is 18.0 Å². The zero-order valence-electron chi connectivity index (χ0n) is 8.86. The summed E-state index contributed by atoms with van der Waals surface area (Å²) in [6.45, 7) is 4.44. The second kappa shape index (κ2) is 5.48. The van der Waals surface area contributed by atoms with E-state index in [4.69, 9.17) is 0 Å². The smallest absolute Gasteiger partial charge is 0.234 e. The van der Waals surface area contributed by atoms with Crippen LogP contribution in [0.3, 0.4) is 0 Å². The summed E-state index contributed by atoms with van der Waals surface area (Å²) < 4.78 is 25.6. The van der Waals surface area contributed by atoms with Gasteiger partial charge in [0.15, 0.2) is 0 Å². The summed E-state index contributed by atoms with van der Waals surface area (Å²) in [6, 6.07) is 2.05. The van der Waals surface area contributed by atoms with Crippen LogP contribution < -0.4 is 10.0 Å². The average molecular weight is 248 g/mol. The fraction of sp³-hybridized carbons (Fsp3) is 0.556. The molecule has 0 saturated heterocycles. The quantitative estimate of drug-likeness (QED) is 0.802. The molecule has 0 atom stereocenters. The minimum Gasteiger partial charge on any atom is -0.313 e. The molecule has 1 heterocycles. The molecule has 0 radical (unpaired) electrons. The van der Waals surface area contributed by atoms with Crippen molar-refractivity contribution in [2.24, 2.45) is 0 Å². The van der Waals surface area contributed by atoms with E-state index in [0.29, 0.717) is 18.3 Å². The Morgan fingerprint density at radius 1 is 1.47 bits per heavy atom. The van der Waals surface area contributed by atoms with Crippen molar-refractivity contribution in [2.75, 3.05) is 17.0 Å². The fourth-order valence-electron chi connectivity index (χ4n) is 1.04. The van der Waals surface area contributed by atoms with E-state index >= 15 is 0 Å². The van der Waals surface area contributed by atoms with Crippen molar-refractivity contribution in [2.45, 2.75) is 19.9 Å². The molecule has 0 aliphatic carbocycles. The van der Waals surface area contributed by atoms with Crippen molar-refractivity contribution in [3.63, 3.8) is 0 Å². The standard InChI is InChI=1S/C9H16N2O2S2/c1-8(2)10-4-6-15(12,13)11-9-3-5-14-7-9/h3,5,7-8,10-11H,4,6H2,1-2H3. The van der Waals surface area contributed by atoms with Crippen LogP contribution in [-0.2, 0) is 10.0 Å². The van der Waals surface area contributed by atoms with Gasteiger partial charge in [-0.3, -0.25) is 4.72 Å². The van der Waals surface area contributed by atoms with Gasteiger partial charge in [-0.2, -0.15) is 11.3 Å². The Labute approximate surface area is 94.8 Å². The molecule has 0 saturated carbocycles. The third kappa shape index (κ3) is 5.15. The lowest BCUT2D eigenvalue weighted by atomic mass is 10.4. The van der Waals surface area contributed by atoms with Crippen molar-refractivity contribution in [3.8, 4) is 0 Å². The Morgan fingerprint density at radius 2 is 2.20 bits per heavy atom. The zero-order chi connectivity index (χ0) is 11.3. The first kappa shape index (κ1) is 12.5. The van der Waals surface area contributed by atoms with Gasteiger partial charge in [-0.1, -0.05) is 13.8 Å². The monoisotopic (exact) mass is 248 g/mol. The van der Waals surface area contributed by atoms with Gasteiger partial charge in [0.2, 0.25) is 10.0 Å². The maximum absolute atomic E-state index is 11.5. The lowest BCUT2D eigenvalue weighted by Gasteiger charge is -2.09. The fourth-order valence-corrected chi connectivity index (χ4v) is 2.67. The third-order valence-electron chi connectivity index (χ3n) is 1.72. The summed E-state index contributed by atoms with van der Waals surface area (Å²) >= 11 is 1.47. The molecule has 0 aliphatic heterocycles. The predicted molar refractivity (Wildman–Crippen MR) is 64.9 cm³/mol. The first-order valence-corrected chi connectivity index (χ1v) is 7.35.